The number of nitrogens with one attached hydrogen (secondary N) is 1. The quantitative estimate of drug-likeness (QED) is 0.800. The zero-order valence-electron chi connectivity index (χ0n) is 8.62. The van der Waals surface area contributed by atoms with Crippen molar-refractivity contribution in [2.24, 2.45) is 0 Å². The van der Waals surface area contributed by atoms with E-state index >= 15 is 0 Å². The Morgan fingerprint density at radius 1 is 1.20 bits per heavy atom. The Kier molecular flexibility index (Phi) is 2.66. The molecule has 2 rings (SSSR count). The van der Waals surface area contributed by atoms with Gasteiger partial charge in [-0.05, 0) is 29.4 Å². The molecule has 0 aromatic heterocycles. The van der Waals surface area contributed by atoms with Crippen molar-refractivity contribution in [2.45, 2.75) is 6.54 Å². The zero-order chi connectivity index (χ0) is 10.7. The predicted octanol–water partition coefficient (Wildman–Crippen LogP) is 2.43. The van der Waals surface area contributed by atoms with E-state index in [4.69, 9.17) is 5.26 Å². The van der Waals surface area contributed by atoms with Gasteiger partial charge < -0.3 is 5.32 Å². The maximum absolute atomic E-state index is 9.03. The van der Waals surface area contributed by atoms with Crippen LogP contribution in [0.5, 0.6) is 0 Å². The smallest absolute Gasteiger partial charge is 0.0995 e. The molecule has 2 heteroatoms. The van der Waals surface area contributed by atoms with Crippen molar-refractivity contribution in [3.8, 4) is 6.07 Å². The lowest BCUT2D eigenvalue weighted by atomic mass is 9.99. The van der Waals surface area contributed by atoms with Gasteiger partial charge in [-0.25, -0.2) is 0 Å². The van der Waals surface area contributed by atoms with Gasteiger partial charge in [0.25, 0.3) is 0 Å². The van der Waals surface area contributed by atoms with Crippen LogP contribution in [-0.2, 0) is 6.54 Å². The lowest BCUT2D eigenvalue weighted by molar-refractivity contribution is 0.821. The summed E-state index contributed by atoms with van der Waals surface area (Å²) in [5, 5.41) is 14.5. The number of fused-ring (bicyclic) bond motifs is 1. The minimum Gasteiger partial charge on any atom is -0.316 e. The van der Waals surface area contributed by atoms with E-state index < -0.39 is 0 Å². The normalized spacial score (nSPS) is 10.1. The number of nitrogens with zero attached hydrogens (tertiary/aromatic N) is 1. The van der Waals surface area contributed by atoms with Gasteiger partial charge in [0.1, 0.15) is 0 Å². The lowest BCUT2D eigenvalue weighted by Crippen LogP contribution is -2.07. The highest BCUT2D eigenvalue weighted by Crippen LogP contribution is 2.21. The third-order valence-corrected chi connectivity index (χ3v) is 2.51. The van der Waals surface area contributed by atoms with E-state index in [0.29, 0.717) is 0 Å². The van der Waals surface area contributed by atoms with Gasteiger partial charge in [-0.15, -0.1) is 0 Å². The van der Waals surface area contributed by atoms with Crippen LogP contribution in [0.25, 0.3) is 10.8 Å². The van der Waals surface area contributed by atoms with E-state index in [1.54, 1.807) is 0 Å². The van der Waals surface area contributed by atoms with Gasteiger partial charge in [-0.1, -0.05) is 30.3 Å². The van der Waals surface area contributed by atoms with Crippen molar-refractivity contribution in [3.63, 3.8) is 0 Å². The molecule has 0 heterocycles. The molecule has 0 aliphatic rings. The fraction of sp³-hybridized carbons (Fsp3) is 0.154. The molecule has 0 atom stereocenters. The first kappa shape index (κ1) is 9.70. The standard InChI is InChI=1S/C13H12N2/c1-15-9-13-11(8-14)7-6-10-4-2-3-5-12(10)13/h2-7,15H,9H2,1H3. The topological polar surface area (TPSA) is 35.8 Å². The molecule has 2 aromatic carbocycles. The molecule has 1 N–H and O–H groups in total. The Balaban J connectivity index is 2.74. The largest absolute Gasteiger partial charge is 0.316 e. The van der Waals surface area contributed by atoms with E-state index in [-0.39, 0.29) is 0 Å². The molecule has 0 unspecified atom stereocenters. The summed E-state index contributed by atoms with van der Waals surface area (Å²) < 4.78 is 0. The molecule has 2 aromatic rings. The Morgan fingerprint density at radius 3 is 2.73 bits per heavy atom. The van der Waals surface area contributed by atoms with Crippen molar-refractivity contribution in [1.82, 2.24) is 5.32 Å². The molecular formula is C13H12N2. The molecule has 0 spiro atoms. The molecule has 2 nitrogen and oxygen atoms in total. The molecule has 0 aliphatic carbocycles. The molecule has 0 saturated heterocycles. The van der Waals surface area contributed by atoms with E-state index in [9.17, 15) is 0 Å². The van der Waals surface area contributed by atoms with E-state index in [1.165, 1.54) is 5.39 Å². The minimum absolute atomic E-state index is 0.726. The number of rotatable bonds is 2. The van der Waals surface area contributed by atoms with Crippen molar-refractivity contribution >= 4 is 10.8 Å². The number of hydrogen-bond donors (Lipinski definition) is 1. The molecule has 0 bridgehead atoms. The van der Waals surface area contributed by atoms with Crippen LogP contribution in [0.15, 0.2) is 36.4 Å². The van der Waals surface area contributed by atoms with Crippen LogP contribution in [0.1, 0.15) is 11.1 Å². The summed E-state index contributed by atoms with van der Waals surface area (Å²) in [6.07, 6.45) is 0. The van der Waals surface area contributed by atoms with Gasteiger partial charge in [0.05, 0.1) is 11.6 Å². The summed E-state index contributed by atoms with van der Waals surface area (Å²) in [7, 11) is 1.89. The van der Waals surface area contributed by atoms with Crippen molar-refractivity contribution in [3.05, 3.63) is 47.5 Å². The van der Waals surface area contributed by atoms with Crippen LogP contribution in [0.4, 0.5) is 0 Å². The summed E-state index contributed by atoms with van der Waals surface area (Å²) in [5.74, 6) is 0. The maximum Gasteiger partial charge on any atom is 0.0995 e. The minimum atomic E-state index is 0.726. The molecular weight excluding hydrogens is 184 g/mol. The van der Waals surface area contributed by atoms with Crippen LogP contribution < -0.4 is 5.32 Å². The van der Waals surface area contributed by atoms with Crippen molar-refractivity contribution in [1.29, 1.82) is 5.26 Å². The highest BCUT2D eigenvalue weighted by Gasteiger charge is 2.05. The van der Waals surface area contributed by atoms with Crippen LogP contribution in [0, 0.1) is 11.3 Å². The summed E-state index contributed by atoms with van der Waals surface area (Å²) in [6.45, 7) is 0.726. The second-order valence-electron chi connectivity index (χ2n) is 3.45. The van der Waals surface area contributed by atoms with Crippen LogP contribution in [0.2, 0.25) is 0 Å². The molecule has 0 saturated carbocycles. The third kappa shape index (κ3) is 1.70. The second kappa shape index (κ2) is 4.12. The zero-order valence-corrected chi connectivity index (χ0v) is 8.62. The number of hydrogen-bond acceptors (Lipinski definition) is 2. The van der Waals surface area contributed by atoms with Gasteiger partial charge in [0, 0.05) is 6.54 Å². The molecule has 15 heavy (non-hydrogen) atoms. The van der Waals surface area contributed by atoms with Crippen LogP contribution in [0.3, 0.4) is 0 Å². The Morgan fingerprint density at radius 2 is 2.00 bits per heavy atom. The van der Waals surface area contributed by atoms with E-state index in [1.807, 2.05) is 31.3 Å². The molecule has 0 amide bonds. The lowest BCUT2D eigenvalue weighted by Gasteiger charge is -2.07. The van der Waals surface area contributed by atoms with Crippen molar-refractivity contribution in [2.75, 3.05) is 7.05 Å². The average Bonchev–Trinajstić information content (AvgIpc) is 2.30. The van der Waals surface area contributed by atoms with Gasteiger partial charge in [-0.3, -0.25) is 0 Å². The summed E-state index contributed by atoms with van der Waals surface area (Å²) in [5.41, 5.74) is 1.83. The fourth-order valence-corrected chi connectivity index (χ4v) is 1.81. The third-order valence-electron chi connectivity index (χ3n) is 2.51. The van der Waals surface area contributed by atoms with Gasteiger partial charge in [0.15, 0.2) is 0 Å². The van der Waals surface area contributed by atoms with Gasteiger partial charge in [-0.2, -0.15) is 5.26 Å². The average molecular weight is 196 g/mol. The Bertz CT molecular complexity index is 524. The highest BCUT2D eigenvalue weighted by molar-refractivity contribution is 5.87. The highest BCUT2D eigenvalue weighted by atomic mass is 14.8. The maximum atomic E-state index is 9.03. The molecule has 74 valence electrons. The molecule has 0 fully saturated rings. The number of benzene rings is 2. The SMILES string of the molecule is CNCc1c(C#N)ccc2ccccc12. The fourth-order valence-electron chi connectivity index (χ4n) is 1.81. The van der Waals surface area contributed by atoms with Crippen molar-refractivity contribution < 1.29 is 0 Å². The van der Waals surface area contributed by atoms with Crippen LogP contribution >= 0.6 is 0 Å². The van der Waals surface area contributed by atoms with E-state index in [2.05, 4.69) is 23.5 Å². The second-order valence-corrected chi connectivity index (χ2v) is 3.45. The first-order chi connectivity index (χ1) is 7.36. The summed E-state index contributed by atoms with van der Waals surface area (Å²) >= 11 is 0. The summed E-state index contributed by atoms with van der Waals surface area (Å²) in [6, 6.07) is 14.2. The Hall–Kier alpha value is -1.85. The number of nitriles is 1. The first-order valence-corrected chi connectivity index (χ1v) is 4.92. The van der Waals surface area contributed by atoms with E-state index in [0.717, 1.165) is 23.1 Å². The molecule has 0 radical (unpaired) electrons. The summed E-state index contributed by atoms with van der Waals surface area (Å²) in [4.78, 5) is 0. The van der Waals surface area contributed by atoms with Gasteiger partial charge in [0.2, 0.25) is 0 Å². The Labute approximate surface area is 89.2 Å². The van der Waals surface area contributed by atoms with Gasteiger partial charge >= 0.3 is 0 Å². The first-order valence-electron chi connectivity index (χ1n) is 4.92. The predicted molar refractivity (Wildman–Crippen MR) is 61.4 cm³/mol. The molecule has 0 aliphatic heterocycles. The van der Waals surface area contributed by atoms with Crippen LogP contribution in [-0.4, -0.2) is 7.05 Å². The monoisotopic (exact) mass is 196 g/mol.